The van der Waals surface area contributed by atoms with Gasteiger partial charge in [0.2, 0.25) is 5.91 Å². The molecule has 1 aromatic heterocycles. The van der Waals surface area contributed by atoms with Gasteiger partial charge in [-0.1, -0.05) is 5.21 Å². The number of rotatable bonds is 3. The van der Waals surface area contributed by atoms with E-state index in [1.165, 1.54) is 0 Å². The summed E-state index contributed by atoms with van der Waals surface area (Å²) in [6, 6.07) is 0.409. The van der Waals surface area contributed by atoms with E-state index in [9.17, 15) is 4.79 Å². The number of likely N-dealkylation sites (tertiary alicyclic amines) is 1. The van der Waals surface area contributed by atoms with Gasteiger partial charge >= 0.3 is 0 Å². The molecular formula is C13H21N5O2. The van der Waals surface area contributed by atoms with Gasteiger partial charge in [0.1, 0.15) is 0 Å². The summed E-state index contributed by atoms with van der Waals surface area (Å²) in [7, 11) is 4.08. The van der Waals surface area contributed by atoms with Crippen LogP contribution in [-0.4, -0.2) is 77.1 Å². The zero-order valence-corrected chi connectivity index (χ0v) is 12.2. The van der Waals surface area contributed by atoms with Gasteiger partial charge in [-0.25, -0.2) is 4.68 Å². The second-order valence-electron chi connectivity index (χ2n) is 6.24. The van der Waals surface area contributed by atoms with Crippen molar-refractivity contribution < 1.29 is 9.53 Å². The van der Waals surface area contributed by atoms with E-state index in [4.69, 9.17) is 4.74 Å². The predicted molar refractivity (Wildman–Crippen MR) is 72.0 cm³/mol. The maximum atomic E-state index is 12.6. The highest BCUT2D eigenvalue weighted by Crippen LogP contribution is 2.33. The smallest absolute Gasteiger partial charge is 0.233 e. The summed E-state index contributed by atoms with van der Waals surface area (Å²) in [6.07, 6.45) is 3.54. The minimum absolute atomic E-state index is 0.154. The van der Waals surface area contributed by atoms with E-state index in [-0.39, 0.29) is 23.4 Å². The molecule has 3 rings (SSSR count). The Morgan fingerprint density at radius 1 is 1.40 bits per heavy atom. The summed E-state index contributed by atoms with van der Waals surface area (Å²) >= 11 is 0. The van der Waals surface area contributed by atoms with Crippen molar-refractivity contribution in [1.29, 1.82) is 0 Å². The van der Waals surface area contributed by atoms with Crippen LogP contribution >= 0.6 is 0 Å². The van der Waals surface area contributed by atoms with Gasteiger partial charge in [-0.15, -0.1) is 5.10 Å². The summed E-state index contributed by atoms with van der Waals surface area (Å²) in [5.74, 6) is 0.193. The Kier molecular flexibility index (Phi) is 3.25. The number of amides is 1. The van der Waals surface area contributed by atoms with E-state index in [2.05, 4.69) is 15.2 Å². The fourth-order valence-electron chi connectivity index (χ4n) is 3.01. The SMILES string of the molecule is CN(C)[C@@H]1CN(C(=O)C2(C)COC2)C[C@@H]1n1ccnn1. The summed E-state index contributed by atoms with van der Waals surface area (Å²) < 4.78 is 7.07. The quantitative estimate of drug-likeness (QED) is 0.755. The van der Waals surface area contributed by atoms with Crippen LogP contribution in [0.4, 0.5) is 0 Å². The van der Waals surface area contributed by atoms with Gasteiger partial charge < -0.3 is 14.5 Å². The van der Waals surface area contributed by atoms with Crippen LogP contribution in [-0.2, 0) is 9.53 Å². The Hall–Kier alpha value is -1.47. The highest BCUT2D eigenvalue weighted by Gasteiger charge is 2.47. The minimum atomic E-state index is -0.339. The summed E-state index contributed by atoms with van der Waals surface area (Å²) in [6.45, 7) is 4.45. The average Bonchev–Trinajstić information content (AvgIpc) is 3.02. The molecule has 2 aliphatic rings. The molecule has 0 aromatic carbocycles. The van der Waals surface area contributed by atoms with Crippen molar-refractivity contribution in [3.63, 3.8) is 0 Å². The molecule has 2 saturated heterocycles. The second kappa shape index (κ2) is 4.82. The van der Waals surface area contributed by atoms with E-state index in [0.717, 1.165) is 6.54 Å². The van der Waals surface area contributed by atoms with E-state index >= 15 is 0 Å². The van der Waals surface area contributed by atoms with E-state index < -0.39 is 0 Å². The molecule has 0 spiro atoms. The van der Waals surface area contributed by atoms with Crippen molar-refractivity contribution in [2.24, 2.45) is 5.41 Å². The molecule has 0 unspecified atom stereocenters. The molecule has 3 heterocycles. The monoisotopic (exact) mass is 279 g/mol. The predicted octanol–water partition coefficient (Wildman–Crippen LogP) is -0.372. The molecule has 0 saturated carbocycles. The molecule has 1 amide bonds. The molecule has 1 aromatic rings. The van der Waals surface area contributed by atoms with Crippen LogP contribution in [0.3, 0.4) is 0 Å². The zero-order chi connectivity index (χ0) is 14.3. The lowest BCUT2D eigenvalue weighted by atomic mass is 9.87. The van der Waals surface area contributed by atoms with E-state index in [1.807, 2.05) is 36.8 Å². The largest absolute Gasteiger partial charge is 0.379 e. The lowest BCUT2D eigenvalue weighted by molar-refractivity contribution is -0.167. The van der Waals surface area contributed by atoms with Crippen molar-refractivity contribution in [2.75, 3.05) is 40.4 Å². The molecule has 0 aliphatic carbocycles. The molecular weight excluding hydrogens is 258 g/mol. The molecule has 0 radical (unpaired) electrons. The minimum Gasteiger partial charge on any atom is -0.379 e. The zero-order valence-electron chi connectivity index (χ0n) is 12.2. The number of nitrogens with zero attached hydrogens (tertiary/aromatic N) is 5. The first-order valence-electron chi connectivity index (χ1n) is 6.91. The van der Waals surface area contributed by atoms with E-state index in [1.54, 1.807) is 6.20 Å². The third-order valence-electron chi connectivity index (χ3n) is 4.35. The normalized spacial score (nSPS) is 28.7. The number of ether oxygens (including phenoxy) is 1. The molecule has 7 heteroatoms. The first kappa shape index (κ1) is 13.5. The van der Waals surface area contributed by atoms with Crippen LogP contribution in [0.2, 0.25) is 0 Å². The van der Waals surface area contributed by atoms with Gasteiger partial charge in [0.05, 0.1) is 36.9 Å². The van der Waals surface area contributed by atoms with Gasteiger partial charge in [0.25, 0.3) is 0 Å². The van der Waals surface area contributed by atoms with Gasteiger partial charge in [-0.05, 0) is 21.0 Å². The van der Waals surface area contributed by atoms with Crippen molar-refractivity contribution in [2.45, 2.75) is 19.0 Å². The summed E-state index contributed by atoms with van der Waals surface area (Å²) in [5.41, 5.74) is -0.339. The standard InChI is InChI=1S/C13H21N5O2/c1-13(8-20-9-13)12(19)17-6-10(16(2)3)11(7-17)18-5-4-14-15-18/h4-5,10-11H,6-9H2,1-3H3/t10-,11+/m1/s1. The summed E-state index contributed by atoms with van der Waals surface area (Å²) in [5, 5.41) is 7.98. The Labute approximate surface area is 118 Å². The van der Waals surface area contributed by atoms with Gasteiger partial charge in [0.15, 0.2) is 0 Å². The third-order valence-corrected chi connectivity index (χ3v) is 4.35. The topological polar surface area (TPSA) is 63.5 Å². The van der Waals surface area contributed by atoms with Gasteiger partial charge in [0, 0.05) is 19.3 Å². The number of carbonyl (C=O) groups is 1. The number of likely N-dealkylation sites (N-methyl/N-ethyl adjacent to an activating group) is 1. The van der Waals surface area contributed by atoms with Gasteiger partial charge in [-0.2, -0.15) is 0 Å². The second-order valence-corrected chi connectivity index (χ2v) is 6.24. The van der Waals surface area contributed by atoms with Crippen molar-refractivity contribution >= 4 is 5.91 Å². The lowest BCUT2D eigenvalue weighted by Crippen LogP contribution is -2.53. The molecule has 0 bridgehead atoms. The highest BCUT2D eigenvalue weighted by molar-refractivity contribution is 5.83. The molecule has 20 heavy (non-hydrogen) atoms. The van der Waals surface area contributed by atoms with Crippen molar-refractivity contribution in [3.05, 3.63) is 12.4 Å². The van der Waals surface area contributed by atoms with Crippen molar-refractivity contribution in [1.82, 2.24) is 24.8 Å². The first-order valence-corrected chi connectivity index (χ1v) is 6.91. The molecule has 7 nitrogen and oxygen atoms in total. The molecule has 2 atom stereocenters. The average molecular weight is 279 g/mol. The van der Waals surface area contributed by atoms with Crippen LogP contribution in [0, 0.1) is 5.41 Å². The first-order chi connectivity index (χ1) is 9.51. The Balaban J connectivity index is 1.78. The van der Waals surface area contributed by atoms with Crippen LogP contribution in [0.5, 0.6) is 0 Å². The number of carbonyl (C=O) groups excluding carboxylic acids is 1. The fourth-order valence-corrected chi connectivity index (χ4v) is 3.01. The number of aromatic nitrogens is 3. The fraction of sp³-hybridized carbons (Fsp3) is 0.769. The molecule has 0 N–H and O–H groups in total. The van der Waals surface area contributed by atoms with Crippen LogP contribution < -0.4 is 0 Å². The molecule has 2 fully saturated rings. The maximum Gasteiger partial charge on any atom is 0.233 e. The lowest BCUT2D eigenvalue weighted by Gasteiger charge is -2.39. The number of hydrogen-bond donors (Lipinski definition) is 0. The Morgan fingerprint density at radius 3 is 2.65 bits per heavy atom. The van der Waals surface area contributed by atoms with Crippen LogP contribution in [0.1, 0.15) is 13.0 Å². The van der Waals surface area contributed by atoms with Crippen molar-refractivity contribution in [3.8, 4) is 0 Å². The maximum absolute atomic E-state index is 12.6. The summed E-state index contributed by atoms with van der Waals surface area (Å²) in [4.78, 5) is 16.7. The Bertz CT molecular complexity index is 483. The van der Waals surface area contributed by atoms with Crippen LogP contribution in [0.15, 0.2) is 12.4 Å². The Morgan fingerprint density at radius 2 is 2.15 bits per heavy atom. The highest BCUT2D eigenvalue weighted by atomic mass is 16.5. The van der Waals surface area contributed by atoms with Gasteiger partial charge in [-0.3, -0.25) is 4.79 Å². The molecule has 2 aliphatic heterocycles. The third kappa shape index (κ3) is 2.10. The number of hydrogen-bond acceptors (Lipinski definition) is 5. The van der Waals surface area contributed by atoms with E-state index in [0.29, 0.717) is 19.8 Å². The van der Waals surface area contributed by atoms with Crippen LogP contribution in [0.25, 0.3) is 0 Å². The molecule has 110 valence electrons.